The number of halogens is 3. The van der Waals surface area contributed by atoms with Crippen molar-refractivity contribution in [1.82, 2.24) is 4.98 Å². The maximum Gasteiger partial charge on any atom is 0.416 e. The Bertz CT molecular complexity index is 1130. The molecule has 2 N–H and O–H groups in total. The molecule has 0 unspecified atom stereocenters. The summed E-state index contributed by atoms with van der Waals surface area (Å²) in [7, 11) is 0. The van der Waals surface area contributed by atoms with E-state index in [4.69, 9.17) is 9.47 Å². The highest BCUT2D eigenvalue weighted by Gasteiger charge is 2.34. The summed E-state index contributed by atoms with van der Waals surface area (Å²) in [5.41, 5.74) is 1.91. The summed E-state index contributed by atoms with van der Waals surface area (Å²) in [6, 6.07) is 11.1. The fraction of sp³-hybridized carbons (Fsp3) is 0.400. The third-order valence-corrected chi connectivity index (χ3v) is 6.61. The molecule has 1 saturated carbocycles. The van der Waals surface area contributed by atoms with Gasteiger partial charge in [0, 0.05) is 36.2 Å². The second kappa shape index (κ2) is 8.74. The number of aromatic amines is 1. The summed E-state index contributed by atoms with van der Waals surface area (Å²) in [6.45, 7) is 1.22. The predicted molar refractivity (Wildman–Crippen MR) is 118 cm³/mol. The second-order valence-electron chi connectivity index (χ2n) is 8.81. The van der Waals surface area contributed by atoms with Crippen LogP contribution in [0.4, 0.5) is 18.9 Å². The van der Waals surface area contributed by atoms with Crippen molar-refractivity contribution < 1.29 is 27.4 Å². The number of benzene rings is 2. The zero-order valence-corrected chi connectivity index (χ0v) is 18.0. The van der Waals surface area contributed by atoms with Gasteiger partial charge in [0.05, 0.1) is 17.4 Å². The first kappa shape index (κ1) is 21.8. The van der Waals surface area contributed by atoms with E-state index in [1.165, 1.54) is 0 Å². The predicted octanol–water partition coefficient (Wildman–Crippen LogP) is 5.88. The number of anilines is 1. The highest BCUT2D eigenvalue weighted by Crippen LogP contribution is 2.41. The van der Waals surface area contributed by atoms with Crippen molar-refractivity contribution in [1.29, 1.82) is 0 Å². The smallest absolute Gasteiger partial charge is 0.416 e. The molecule has 1 saturated heterocycles. The lowest BCUT2D eigenvalue weighted by atomic mass is 9.77. The van der Waals surface area contributed by atoms with Gasteiger partial charge in [0.1, 0.15) is 5.75 Å². The van der Waals surface area contributed by atoms with Gasteiger partial charge in [-0.2, -0.15) is 13.2 Å². The van der Waals surface area contributed by atoms with Crippen LogP contribution in [-0.2, 0) is 15.7 Å². The van der Waals surface area contributed by atoms with Crippen molar-refractivity contribution in [3.8, 4) is 5.75 Å². The average molecular weight is 458 g/mol. The normalized spacial score (nSPS) is 21.5. The fourth-order valence-corrected chi connectivity index (χ4v) is 4.54. The molecule has 1 aliphatic carbocycles. The van der Waals surface area contributed by atoms with Crippen LogP contribution in [0.3, 0.4) is 0 Å². The monoisotopic (exact) mass is 458 g/mol. The fourth-order valence-electron chi connectivity index (χ4n) is 4.54. The lowest BCUT2D eigenvalue weighted by molar-refractivity contribution is -0.137. The Hall–Kier alpha value is -3.00. The third-order valence-electron chi connectivity index (χ3n) is 6.61. The summed E-state index contributed by atoms with van der Waals surface area (Å²) in [5.74, 6) is 0.867. The van der Waals surface area contributed by atoms with Gasteiger partial charge in [-0.1, -0.05) is 12.1 Å². The van der Waals surface area contributed by atoms with Crippen LogP contribution in [-0.4, -0.2) is 30.2 Å². The molecule has 5 nitrogen and oxygen atoms in total. The van der Waals surface area contributed by atoms with Crippen LogP contribution in [0.5, 0.6) is 5.75 Å². The first-order valence-corrected chi connectivity index (χ1v) is 11.2. The van der Waals surface area contributed by atoms with Gasteiger partial charge in [-0.15, -0.1) is 0 Å². The van der Waals surface area contributed by atoms with Crippen LogP contribution < -0.4 is 10.1 Å². The van der Waals surface area contributed by atoms with E-state index < -0.39 is 11.7 Å². The molecule has 33 heavy (non-hydrogen) atoms. The Kier molecular flexibility index (Phi) is 5.78. The Morgan fingerprint density at radius 2 is 1.79 bits per heavy atom. The van der Waals surface area contributed by atoms with Crippen LogP contribution in [0.1, 0.15) is 42.7 Å². The van der Waals surface area contributed by atoms with E-state index >= 15 is 0 Å². The van der Waals surface area contributed by atoms with Crippen molar-refractivity contribution in [2.24, 2.45) is 5.92 Å². The van der Waals surface area contributed by atoms with Crippen LogP contribution in [0.2, 0.25) is 0 Å². The molecule has 2 fully saturated rings. The molecule has 0 spiro atoms. The van der Waals surface area contributed by atoms with E-state index in [1.807, 2.05) is 18.2 Å². The summed E-state index contributed by atoms with van der Waals surface area (Å²) in [6.07, 6.45) is 0.441. The van der Waals surface area contributed by atoms with Crippen LogP contribution in [0.25, 0.3) is 10.9 Å². The van der Waals surface area contributed by atoms with Gasteiger partial charge in [0.25, 0.3) is 0 Å². The van der Waals surface area contributed by atoms with E-state index in [0.717, 1.165) is 60.0 Å². The molecule has 2 aromatic carbocycles. The largest absolute Gasteiger partial charge is 0.490 e. The number of amides is 1. The topological polar surface area (TPSA) is 63.4 Å². The van der Waals surface area contributed by atoms with E-state index in [0.29, 0.717) is 19.0 Å². The second-order valence-corrected chi connectivity index (χ2v) is 8.81. The molecule has 5 rings (SSSR count). The molecule has 0 bridgehead atoms. The molecular weight excluding hydrogens is 433 g/mol. The Balaban J connectivity index is 1.20. The van der Waals surface area contributed by atoms with Gasteiger partial charge >= 0.3 is 6.18 Å². The molecule has 0 atom stereocenters. The SMILES string of the molecule is O=C(Nc1c[nH]c2ccc(O[C@H]3C[C@@H](c4ccc(C(F)(F)F)cc4)C3)cc12)C1CCOCC1. The quantitative estimate of drug-likeness (QED) is 0.502. The van der Waals surface area contributed by atoms with Gasteiger partial charge < -0.3 is 19.8 Å². The minimum Gasteiger partial charge on any atom is -0.490 e. The number of aromatic nitrogens is 1. The summed E-state index contributed by atoms with van der Waals surface area (Å²) < 4.78 is 49.7. The number of fused-ring (bicyclic) bond motifs is 1. The Morgan fingerprint density at radius 1 is 1.06 bits per heavy atom. The highest BCUT2D eigenvalue weighted by atomic mass is 19.4. The van der Waals surface area contributed by atoms with Gasteiger partial charge in [0.2, 0.25) is 5.91 Å². The molecule has 2 heterocycles. The molecule has 8 heteroatoms. The van der Waals surface area contributed by atoms with Crippen molar-refractivity contribution in [3.05, 3.63) is 59.8 Å². The van der Waals surface area contributed by atoms with E-state index in [2.05, 4.69) is 10.3 Å². The van der Waals surface area contributed by atoms with Gasteiger partial charge in [0.15, 0.2) is 0 Å². The number of ether oxygens (including phenoxy) is 2. The minimum absolute atomic E-state index is 0.00361. The van der Waals surface area contributed by atoms with E-state index in [1.54, 1.807) is 18.3 Å². The Labute approximate surface area is 189 Å². The van der Waals surface area contributed by atoms with Crippen molar-refractivity contribution >= 4 is 22.5 Å². The third kappa shape index (κ3) is 4.71. The van der Waals surface area contributed by atoms with E-state index in [9.17, 15) is 18.0 Å². The lowest BCUT2D eigenvalue weighted by Crippen LogP contribution is -2.32. The highest BCUT2D eigenvalue weighted by molar-refractivity contribution is 6.02. The van der Waals surface area contributed by atoms with Crippen molar-refractivity contribution in [3.63, 3.8) is 0 Å². The molecule has 2 aliphatic rings. The standard InChI is InChI=1S/C25H25F3N2O3/c26-25(27,28)18-3-1-15(2-4-18)17-11-20(12-17)33-19-5-6-22-21(13-19)23(14-29-22)30-24(31)16-7-9-32-10-8-16/h1-6,13-14,16-17,20,29H,7-12H2,(H,30,31)/t17-,20+. The zero-order chi connectivity index (χ0) is 23.0. The average Bonchev–Trinajstić information content (AvgIpc) is 3.18. The number of hydrogen-bond donors (Lipinski definition) is 2. The molecule has 0 radical (unpaired) electrons. The van der Waals surface area contributed by atoms with Crippen LogP contribution in [0, 0.1) is 5.92 Å². The summed E-state index contributed by atoms with van der Waals surface area (Å²) in [4.78, 5) is 15.8. The molecule has 1 aliphatic heterocycles. The first-order chi connectivity index (χ1) is 15.9. The maximum absolute atomic E-state index is 12.8. The molecule has 3 aromatic rings. The molecule has 1 aromatic heterocycles. The minimum atomic E-state index is -4.32. The van der Waals surface area contributed by atoms with E-state index in [-0.39, 0.29) is 23.8 Å². The number of nitrogens with one attached hydrogen (secondary N) is 2. The number of hydrogen-bond acceptors (Lipinski definition) is 3. The van der Waals surface area contributed by atoms with Crippen molar-refractivity contribution in [2.45, 2.75) is 43.9 Å². The lowest BCUT2D eigenvalue weighted by Gasteiger charge is -2.35. The van der Waals surface area contributed by atoms with Gasteiger partial charge in [-0.25, -0.2) is 0 Å². The number of rotatable bonds is 5. The van der Waals surface area contributed by atoms with Crippen molar-refractivity contribution in [2.75, 3.05) is 18.5 Å². The molecular formula is C25H25F3N2O3. The summed E-state index contributed by atoms with van der Waals surface area (Å²) in [5, 5.41) is 3.91. The summed E-state index contributed by atoms with van der Waals surface area (Å²) >= 11 is 0. The number of alkyl halides is 3. The zero-order valence-electron chi connectivity index (χ0n) is 18.0. The number of carbonyl (C=O) groups excluding carboxylic acids is 1. The molecule has 1 amide bonds. The maximum atomic E-state index is 12.8. The number of H-pyrrole nitrogens is 1. The van der Waals surface area contributed by atoms with Gasteiger partial charge in [-0.05, 0) is 67.5 Å². The Morgan fingerprint density at radius 3 is 2.48 bits per heavy atom. The van der Waals surface area contributed by atoms with Crippen LogP contribution >= 0.6 is 0 Å². The molecule has 174 valence electrons. The number of carbonyl (C=O) groups is 1. The van der Waals surface area contributed by atoms with Crippen LogP contribution in [0.15, 0.2) is 48.7 Å². The van der Waals surface area contributed by atoms with Gasteiger partial charge in [-0.3, -0.25) is 4.79 Å². The first-order valence-electron chi connectivity index (χ1n) is 11.2.